The van der Waals surface area contributed by atoms with Gasteiger partial charge in [0.15, 0.2) is 0 Å². The summed E-state index contributed by atoms with van der Waals surface area (Å²) < 4.78 is 5.46. The van der Waals surface area contributed by atoms with E-state index < -0.39 is 0 Å². The van der Waals surface area contributed by atoms with Crippen molar-refractivity contribution in [1.29, 1.82) is 0 Å². The van der Waals surface area contributed by atoms with Crippen molar-refractivity contribution in [3.8, 4) is 0 Å². The van der Waals surface area contributed by atoms with E-state index in [-0.39, 0.29) is 5.60 Å². The lowest BCUT2D eigenvalue weighted by Gasteiger charge is -2.28. The molecule has 0 saturated heterocycles. The summed E-state index contributed by atoms with van der Waals surface area (Å²) in [4.78, 5) is 1.36. The van der Waals surface area contributed by atoms with Gasteiger partial charge < -0.3 is 10.1 Å². The molecule has 1 N–H and O–H groups in total. The van der Waals surface area contributed by atoms with Crippen LogP contribution in [0.1, 0.15) is 36.8 Å². The summed E-state index contributed by atoms with van der Waals surface area (Å²) in [7, 11) is 3.77. The van der Waals surface area contributed by atoms with Crippen LogP contribution in [0.5, 0.6) is 0 Å². The van der Waals surface area contributed by atoms with Gasteiger partial charge in [-0.1, -0.05) is 0 Å². The maximum atomic E-state index is 5.46. The lowest BCUT2D eigenvalue weighted by atomic mass is 9.95. The van der Waals surface area contributed by atoms with E-state index in [0.29, 0.717) is 6.04 Å². The SMILES string of the molecule is CNC(CC(C)(C)OC)c1csc(C)c1. The summed E-state index contributed by atoms with van der Waals surface area (Å²) in [5.74, 6) is 0. The average Bonchev–Trinajstić information content (AvgIpc) is 2.61. The van der Waals surface area contributed by atoms with Crippen molar-refractivity contribution >= 4 is 11.3 Å². The number of nitrogens with one attached hydrogen (secondary N) is 1. The van der Waals surface area contributed by atoms with E-state index in [4.69, 9.17) is 4.74 Å². The number of hydrogen-bond acceptors (Lipinski definition) is 3. The smallest absolute Gasteiger partial charge is 0.0640 e. The molecular formula is C12H21NOS. The van der Waals surface area contributed by atoms with Gasteiger partial charge in [-0.05, 0) is 51.2 Å². The summed E-state index contributed by atoms with van der Waals surface area (Å²) in [6, 6.07) is 2.63. The van der Waals surface area contributed by atoms with Gasteiger partial charge in [0.25, 0.3) is 0 Å². The van der Waals surface area contributed by atoms with Crippen molar-refractivity contribution in [2.75, 3.05) is 14.2 Å². The minimum Gasteiger partial charge on any atom is -0.379 e. The highest BCUT2D eigenvalue weighted by molar-refractivity contribution is 7.10. The van der Waals surface area contributed by atoms with Crippen LogP contribution in [-0.2, 0) is 4.74 Å². The zero-order chi connectivity index (χ0) is 11.5. The molecule has 1 aromatic rings. The number of hydrogen-bond donors (Lipinski definition) is 1. The Hall–Kier alpha value is -0.380. The highest BCUT2D eigenvalue weighted by Gasteiger charge is 2.23. The van der Waals surface area contributed by atoms with Crippen LogP contribution in [0.3, 0.4) is 0 Å². The molecule has 1 unspecified atom stereocenters. The third-order valence-corrected chi connectivity index (χ3v) is 3.63. The van der Waals surface area contributed by atoms with Gasteiger partial charge in [-0.2, -0.15) is 0 Å². The highest BCUT2D eigenvalue weighted by atomic mass is 32.1. The maximum Gasteiger partial charge on any atom is 0.0640 e. The summed E-state index contributed by atoms with van der Waals surface area (Å²) in [5.41, 5.74) is 1.29. The van der Waals surface area contributed by atoms with Crippen molar-refractivity contribution in [3.63, 3.8) is 0 Å². The van der Waals surface area contributed by atoms with E-state index in [9.17, 15) is 0 Å². The Morgan fingerprint density at radius 1 is 1.53 bits per heavy atom. The van der Waals surface area contributed by atoms with E-state index >= 15 is 0 Å². The predicted octanol–water partition coefficient (Wildman–Crippen LogP) is 3.13. The first-order chi connectivity index (χ1) is 6.98. The van der Waals surface area contributed by atoms with Crippen LogP contribution in [0.4, 0.5) is 0 Å². The van der Waals surface area contributed by atoms with Crippen molar-refractivity contribution in [2.45, 2.75) is 38.8 Å². The maximum absolute atomic E-state index is 5.46. The number of thiophene rings is 1. The van der Waals surface area contributed by atoms with Crippen molar-refractivity contribution in [1.82, 2.24) is 5.32 Å². The fraction of sp³-hybridized carbons (Fsp3) is 0.667. The molecule has 1 rings (SSSR count). The van der Waals surface area contributed by atoms with Crippen molar-refractivity contribution in [2.24, 2.45) is 0 Å². The van der Waals surface area contributed by atoms with E-state index in [0.717, 1.165) is 6.42 Å². The number of methoxy groups -OCH3 is 1. The van der Waals surface area contributed by atoms with Gasteiger partial charge in [0.2, 0.25) is 0 Å². The molecule has 1 atom stereocenters. The Bertz CT molecular complexity index is 306. The Labute approximate surface area is 96.7 Å². The molecule has 0 spiro atoms. The largest absolute Gasteiger partial charge is 0.379 e. The Morgan fingerprint density at radius 3 is 2.60 bits per heavy atom. The molecule has 0 radical (unpaired) electrons. The molecule has 0 aliphatic carbocycles. The first kappa shape index (κ1) is 12.7. The van der Waals surface area contributed by atoms with Crippen LogP contribution in [0.2, 0.25) is 0 Å². The first-order valence-corrected chi connectivity index (χ1v) is 6.14. The van der Waals surface area contributed by atoms with Gasteiger partial charge in [0, 0.05) is 18.0 Å². The molecule has 0 fully saturated rings. The van der Waals surface area contributed by atoms with Crippen LogP contribution in [0.15, 0.2) is 11.4 Å². The van der Waals surface area contributed by atoms with Gasteiger partial charge in [-0.15, -0.1) is 11.3 Å². The molecule has 15 heavy (non-hydrogen) atoms. The van der Waals surface area contributed by atoms with Gasteiger partial charge in [0.1, 0.15) is 0 Å². The summed E-state index contributed by atoms with van der Waals surface area (Å²) in [6.07, 6.45) is 0.982. The van der Waals surface area contributed by atoms with Crippen LogP contribution in [0, 0.1) is 6.92 Å². The van der Waals surface area contributed by atoms with E-state index in [1.807, 2.05) is 7.05 Å². The lowest BCUT2D eigenvalue weighted by Crippen LogP contribution is -2.30. The number of aryl methyl sites for hydroxylation is 1. The molecule has 0 aromatic carbocycles. The normalized spacial score (nSPS) is 14.2. The van der Waals surface area contributed by atoms with Gasteiger partial charge >= 0.3 is 0 Å². The topological polar surface area (TPSA) is 21.3 Å². The van der Waals surface area contributed by atoms with Crippen molar-refractivity contribution < 1.29 is 4.74 Å². The molecule has 0 aliphatic heterocycles. The molecule has 0 bridgehead atoms. The van der Waals surface area contributed by atoms with Gasteiger partial charge in [-0.3, -0.25) is 0 Å². The fourth-order valence-corrected chi connectivity index (χ4v) is 2.37. The average molecular weight is 227 g/mol. The molecule has 0 aliphatic rings. The third kappa shape index (κ3) is 3.59. The molecule has 2 nitrogen and oxygen atoms in total. The second kappa shape index (κ2) is 5.10. The molecule has 0 saturated carbocycles. The summed E-state index contributed by atoms with van der Waals surface area (Å²) in [5, 5.41) is 5.57. The minimum absolute atomic E-state index is 0.0798. The van der Waals surface area contributed by atoms with Gasteiger partial charge in [-0.25, -0.2) is 0 Å². The second-order valence-corrected chi connectivity index (χ2v) is 5.62. The van der Waals surface area contributed by atoms with Crippen LogP contribution >= 0.6 is 11.3 Å². The summed E-state index contributed by atoms with van der Waals surface area (Å²) >= 11 is 1.80. The quantitative estimate of drug-likeness (QED) is 0.834. The molecule has 0 amide bonds. The molecule has 1 aromatic heterocycles. The number of rotatable bonds is 5. The summed E-state index contributed by atoms with van der Waals surface area (Å²) in [6.45, 7) is 6.38. The van der Waals surface area contributed by atoms with E-state index in [1.54, 1.807) is 18.4 Å². The Kier molecular flexibility index (Phi) is 4.32. The van der Waals surface area contributed by atoms with E-state index in [2.05, 4.69) is 37.5 Å². The van der Waals surface area contributed by atoms with Gasteiger partial charge in [0.05, 0.1) is 5.60 Å². The van der Waals surface area contributed by atoms with Crippen molar-refractivity contribution in [3.05, 3.63) is 21.9 Å². The Balaban J connectivity index is 2.72. The zero-order valence-corrected chi connectivity index (χ0v) is 11.1. The minimum atomic E-state index is -0.0798. The number of ether oxygens (including phenoxy) is 1. The molecule has 86 valence electrons. The van der Waals surface area contributed by atoms with Crippen LogP contribution < -0.4 is 5.32 Å². The molecule has 3 heteroatoms. The first-order valence-electron chi connectivity index (χ1n) is 5.26. The van der Waals surface area contributed by atoms with E-state index in [1.165, 1.54) is 10.4 Å². The van der Waals surface area contributed by atoms with Crippen LogP contribution in [-0.4, -0.2) is 19.8 Å². The lowest BCUT2D eigenvalue weighted by molar-refractivity contribution is 0.00747. The molecule has 1 heterocycles. The monoisotopic (exact) mass is 227 g/mol. The fourth-order valence-electron chi connectivity index (χ4n) is 1.61. The van der Waals surface area contributed by atoms with Crippen LogP contribution in [0.25, 0.3) is 0 Å². The third-order valence-electron chi connectivity index (χ3n) is 2.75. The Morgan fingerprint density at radius 2 is 2.20 bits per heavy atom. The molecular weight excluding hydrogens is 206 g/mol. The highest BCUT2D eigenvalue weighted by Crippen LogP contribution is 2.28. The zero-order valence-electron chi connectivity index (χ0n) is 10.3. The predicted molar refractivity (Wildman–Crippen MR) is 66.6 cm³/mol. The second-order valence-electron chi connectivity index (χ2n) is 4.50. The standard InChI is InChI=1S/C12H21NOS/c1-9-6-10(8-15-9)11(13-4)7-12(2,3)14-5/h6,8,11,13H,7H2,1-5H3.